The van der Waals surface area contributed by atoms with Crippen molar-refractivity contribution in [2.75, 3.05) is 19.6 Å². The molecule has 122 valence electrons. The third-order valence-corrected chi connectivity index (χ3v) is 3.99. The highest BCUT2D eigenvalue weighted by atomic mass is 16.1. The summed E-state index contributed by atoms with van der Waals surface area (Å²) in [5, 5.41) is 9.53. The highest BCUT2D eigenvalue weighted by Gasteiger charge is 2.17. The summed E-state index contributed by atoms with van der Waals surface area (Å²) in [7, 11) is 0. The van der Waals surface area contributed by atoms with Gasteiger partial charge in [-0.2, -0.15) is 0 Å². The Bertz CT molecular complexity index is 324. The molecule has 5 heteroatoms. The first-order valence-corrected chi connectivity index (χ1v) is 8.47. The lowest BCUT2D eigenvalue weighted by Gasteiger charge is -2.16. The molecule has 0 spiro atoms. The summed E-state index contributed by atoms with van der Waals surface area (Å²) < 4.78 is 0. The van der Waals surface area contributed by atoms with Crippen LogP contribution in [-0.2, 0) is 4.79 Å². The Kier molecular flexibility index (Phi) is 8.87. The highest BCUT2D eigenvalue weighted by Crippen LogP contribution is 2.27. The van der Waals surface area contributed by atoms with E-state index in [1.54, 1.807) is 0 Å². The predicted octanol–water partition coefficient (Wildman–Crippen LogP) is 2.04. The molecule has 0 radical (unpaired) electrons. The number of rotatable bonds is 8. The fourth-order valence-corrected chi connectivity index (χ4v) is 2.57. The van der Waals surface area contributed by atoms with Gasteiger partial charge in [0.2, 0.25) is 5.91 Å². The minimum Gasteiger partial charge on any atom is -0.357 e. The Morgan fingerprint density at radius 3 is 2.57 bits per heavy atom. The zero-order valence-corrected chi connectivity index (χ0v) is 13.9. The standard InChI is InChI=1S/C16H32N4O/c1-4-13(3)20-16(17-5-2)19-11-10-18-15(21)12-14-8-6-7-9-14/h13-14H,4-12H2,1-3H3,(H,18,21)(H2,17,19,20). The maximum Gasteiger partial charge on any atom is 0.220 e. The van der Waals surface area contributed by atoms with Crippen LogP contribution in [0.25, 0.3) is 0 Å². The molecule has 0 bridgehead atoms. The van der Waals surface area contributed by atoms with Gasteiger partial charge in [0.25, 0.3) is 0 Å². The van der Waals surface area contributed by atoms with Crippen LogP contribution in [0.1, 0.15) is 59.3 Å². The van der Waals surface area contributed by atoms with Crippen molar-refractivity contribution in [3.8, 4) is 0 Å². The molecule has 3 N–H and O–H groups in total. The van der Waals surface area contributed by atoms with E-state index in [1.807, 2.05) is 0 Å². The Hall–Kier alpha value is -1.26. The maximum atomic E-state index is 11.8. The third-order valence-electron chi connectivity index (χ3n) is 3.99. The van der Waals surface area contributed by atoms with Crippen molar-refractivity contribution in [2.45, 2.75) is 65.3 Å². The molecule has 1 atom stereocenters. The van der Waals surface area contributed by atoms with Crippen LogP contribution in [0.15, 0.2) is 4.99 Å². The van der Waals surface area contributed by atoms with Gasteiger partial charge < -0.3 is 16.0 Å². The van der Waals surface area contributed by atoms with Crippen LogP contribution < -0.4 is 16.0 Å². The summed E-state index contributed by atoms with van der Waals surface area (Å²) in [6, 6.07) is 0.403. The first-order chi connectivity index (χ1) is 10.2. The number of aliphatic imine (C=N–C) groups is 1. The van der Waals surface area contributed by atoms with E-state index < -0.39 is 0 Å². The average Bonchev–Trinajstić information content (AvgIpc) is 2.96. The summed E-state index contributed by atoms with van der Waals surface area (Å²) in [6.45, 7) is 8.40. The Morgan fingerprint density at radius 1 is 1.24 bits per heavy atom. The van der Waals surface area contributed by atoms with Crippen LogP contribution in [0.2, 0.25) is 0 Å². The van der Waals surface area contributed by atoms with Crippen molar-refractivity contribution in [3.63, 3.8) is 0 Å². The van der Waals surface area contributed by atoms with Crippen LogP contribution in [0.4, 0.5) is 0 Å². The van der Waals surface area contributed by atoms with Crippen LogP contribution in [-0.4, -0.2) is 37.5 Å². The molecule has 1 unspecified atom stereocenters. The molecule has 1 saturated carbocycles. The largest absolute Gasteiger partial charge is 0.357 e. The Morgan fingerprint density at radius 2 is 1.95 bits per heavy atom. The molecule has 1 fully saturated rings. The number of nitrogens with one attached hydrogen (secondary N) is 3. The highest BCUT2D eigenvalue weighted by molar-refractivity contribution is 5.80. The Balaban J connectivity index is 2.21. The third kappa shape index (κ3) is 7.93. The van der Waals surface area contributed by atoms with E-state index >= 15 is 0 Å². The monoisotopic (exact) mass is 296 g/mol. The van der Waals surface area contributed by atoms with Crippen LogP contribution >= 0.6 is 0 Å². The molecule has 0 heterocycles. The molecular weight excluding hydrogens is 264 g/mol. The number of guanidine groups is 1. The normalized spacial score (nSPS) is 17.6. The van der Waals surface area contributed by atoms with Crippen molar-refractivity contribution in [1.29, 1.82) is 0 Å². The molecule has 1 rings (SSSR count). The summed E-state index contributed by atoms with van der Waals surface area (Å²) in [5.74, 6) is 1.62. The summed E-state index contributed by atoms with van der Waals surface area (Å²) in [6.07, 6.45) is 6.76. The van der Waals surface area contributed by atoms with Crippen molar-refractivity contribution < 1.29 is 4.79 Å². The summed E-state index contributed by atoms with van der Waals surface area (Å²) in [5.41, 5.74) is 0. The molecule has 0 aromatic carbocycles. The number of hydrogen-bond acceptors (Lipinski definition) is 2. The van der Waals surface area contributed by atoms with Gasteiger partial charge in [0, 0.05) is 25.6 Å². The lowest BCUT2D eigenvalue weighted by atomic mass is 10.0. The van der Waals surface area contributed by atoms with Gasteiger partial charge >= 0.3 is 0 Å². The van der Waals surface area contributed by atoms with Crippen molar-refractivity contribution in [1.82, 2.24) is 16.0 Å². The average molecular weight is 296 g/mol. The van der Waals surface area contributed by atoms with Crippen LogP contribution in [0, 0.1) is 5.92 Å². The molecule has 0 saturated heterocycles. The number of hydrogen-bond donors (Lipinski definition) is 3. The fourth-order valence-electron chi connectivity index (χ4n) is 2.57. The molecule has 21 heavy (non-hydrogen) atoms. The molecule has 5 nitrogen and oxygen atoms in total. The number of carbonyl (C=O) groups is 1. The first kappa shape index (κ1) is 17.8. The second kappa shape index (κ2) is 10.5. The van der Waals surface area contributed by atoms with Gasteiger partial charge in [-0.25, -0.2) is 0 Å². The van der Waals surface area contributed by atoms with Crippen molar-refractivity contribution in [3.05, 3.63) is 0 Å². The van der Waals surface area contributed by atoms with Gasteiger partial charge in [-0.05, 0) is 39.0 Å². The lowest BCUT2D eigenvalue weighted by Crippen LogP contribution is -2.42. The smallest absolute Gasteiger partial charge is 0.220 e. The molecular formula is C16H32N4O. The van der Waals surface area contributed by atoms with Gasteiger partial charge in [-0.15, -0.1) is 0 Å². The van der Waals surface area contributed by atoms with E-state index in [0.717, 1.165) is 18.9 Å². The molecule has 0 aromatic heterocycles. The quantitative estimate of drug-likeness (QED) is 0.365. The van der Waals surface area contributed by atoms with Crippen molar-refractivity contribution >= 4 is 11.9 Å². The second-order valence-corrected chi connectivity index (χ2v) is 5.92. The lowest BCUT2D eigenvalue weighted by molar-refractivity contribution is -0.121. The molecule has 1 aliphatic carbocycles. The topological polar surface area (TPSA) is 65.5 Å². The molecule has 1 amide bonds. The van der Waals surface area contributed by atoms with Gasteiger partial charge in [0.1, 0.15) is 0 Å². The summed E-state index contributed by atoms with van der Waals surface area (Å²) in [4.78, 5) is 16.3. The molecule has 0 aliphatic heterocycles. The number of carbonyl (C=O) groups excluding carboxylic acids is 1. The van der Waals surface area contributed by atoms with Gasteiger partial charge in [-0.1, -0.05) is 19.8 Å². The fraction of sp³-hybridized carbons (Fsp3) is 0.875. The van der Waals surface area contributed by atoms with E-state index in [0.29, 0.717) is 31.5 Å². The molecule has 1 aliphatic rings. The van der Waals surface area contributed by atoms with Crippen LogP contribution in [0.3, 0.4) is 0 Å². The SMILES string of the molecule is CCNC(=NCCNC(=O)CC1CCCC1)NC(C)CC. The minimum absolute atomic E-state index is 0.178. The van der Waals surface area contributed by atoms with E-state index in [4.69, 9.17) is 0 Å². The van der Waals surface area contributed by atoms with Gasteiger partial charge in [0.05, 0.1) is 6.54 Å². The zero-order valence-electron chi connectivity index (χ0n) is 13.9. The van der Waals surface area contributed by atoms with E-state index in [9.17, 15) is 4.79 Å². The zero-order chi connectivity index (χ0) is 15.5. The van der Waals surface area contributed by atoms with E-state index in [2.05, 4.69) is 41.7 Å². The maximum absolute atomic E-state index is 11.8. The molecule has 0 aromatic rings. The van der Waals surface area contributed by atoms with E-state index in [1.165, 1.54) is 25.7 Å². The number of nitrogens with zero attached hydrogens (tertiary/aromatic N) is 1. The predicted molar refractivity (Wildman–Crippen MR) is 88.5 cm³/mol. The van der Waals surface area contributed by atoms with Gasteiger partial charge in [-0.3, -0.25) is 9.79 Å². The summed E-state index contributed by atoms with van der Waals surface area (Å²) >= 11 is 0. The second-order valence-electron chi connectivity index (χ2n) is 5.92. The van der Waals surface area contributed by atoms with Gasteiger partial charge in [0.15, 0.2) is 5.96 Å². The Labute approximate surface area is 129 Å². The van der Waals surface area contributed by atoms with E-state index in [-0.39, 0.29) is 5.91 Å². The first-order valence-electron chi connectivity index (χ1n) is 8.47. The minimum atomic E-state index is 0.178. The number of amides is 1. The van der Waals surface area contributed by atoms with Crippen molar-refractivity contribution in [2.24, 2.45) is 10.9 Å². The van der Waals surface area contributed by atoms with Crippen LogP contribution in [0.5, 0.6) is 0 Å².